The van der Waals surface area contributed by atoms with Crippen LogP contribution in [0.4, 0.5) is 0 Å². The van der Waals surface area contributed by atoms with E-state index in [9.17, 15) is 9.59 Å². The van der Waals surface area contributed by atoms with Crippen molar-refractivity contribution in [2.75, 3.05) is 0 Å². The molecule has 0 saturated heterocycles. The molecule has 0 radical (unpaired) electrons. The van der Waals surface area contributed by atoms with Crippen molar-refractivity contribution in [3.05, 3.63) is 27.2 Å². The fourth-order valence-electron chi connectivity index (χ4n) is 1.50. The molecular weight excluding hydrogens is 252 g/mol. The molecule has 0 aliphatic heterocycles. The van der Waals surface area contributed by atoms with E-state index in [1.165, 1.54) is 0 Å². The minimum atomic E-state index is -3.79. The zero-order valence-electron chi connectivity index (χ0n) is 8.55. The van der Waals surface area contributed by atoms with Gasteiger partial charge < -0.3 is 30.5 Å². The van der Waals surface area contributed by atoms with E-state index in [1.54, 1.807) is 0 Å². The number of aromatic nitrogens is 4. The molecule has 0 atom stereocenters. The summed E-state index contributed by atoms with van der Waals surface area (Å²) >= 11 is 0. The maximum atomic E-state index is 11.7. The number of aliphatic hydroxyl groups excluding tert-OH is 1. The number of H-pyrrole nitrogens is 1. The lowest BCUT2D eigenvalue weighted by atomic mass is 10.5. The Morgan fingerprint density at radius 2 is 1.89 bits per heavy atom. The first-order valence-electron chi connectivity index (χ1n) is 4.49. The zero-order chi connectivity index (χ0) is 13.7. The Morgan fingerprint density at radius 1 is 1.28 bits per heavy atom. The molecule has 18 heavy (non-hydrogen) atoms. The molecule has 2 aromatic rings. The smallest absolute Gasteiger partial charge is 0.351 e. The summed E-state index contributed by atoms with van der Waals surface area (Å²) in [5, 5.41) is 44.8. The lowest BCUT2D eigenvalue weighted by Crippen LogP contribution is -2.52. The standard InChI is InChI=1S/C7H8N4O7/c12-4-2-3(9-1-8-2)10(6(14)15)5(13)11(4)7(16,17)18/h1,6,14-18H,(H,8,9). The summed E-state index contributed by atoms with van der Waals surface area (Å²) in [6, 6.07) is 0. The highest BCUT2D eigenvalue weighted by atomic mass is 16.7. The summed E-state index contributed by atoms with van der Waals surface area (Å²) in [4.78, 5) is 29.1. The van der Waals surface area contributed by atoms with Crippen molar-refractivity contribution in [1.82, 2.24) is 19.1 Å². The van der Waals surface area contributed by atoms with Crippen LogP contribution >= 0.6 is 0 Å². The van der Waals surface area contributed by atoms with E-state index < -0.39 is 34.9 Å². The van der Waals surface area contributed by atoms with Crippen LogP contribution < -0.4 is 11.2 Å². The Hall–Kier alpha value is -2.05. The van der Waals surface area contributed by atoms with Crippen LogP contribution in [-0.4, -0.2) is 44.6 Å². The number of nitrogens with zero attached hydrogens (tertiary/aromatic N) is 3. The number of hydrogen-bond donors (Lipinski definition) is 6. The number of aliphatic hydroxyl groups is 5. The molecule has 0 aliphatic rings. The molecule has 0 amide bonds. The van der Waals surface area contributed by atoms with Crippen LogP contribution in [0.25, 0.3) is 11.2 Å². The fraction of sp³-hybridized carbons (Fsp3) is 0.286. The van der Waals surface area contributed by atoms with Gasteiger partial charge in [-0.1, -0.05) is 0 Å². The van der Waals surface area contributed by atoms with Gasteiger partial charge in [-0.3, -0.25) is 4.79 Å². The van der Waals surface area contributed by atoms with Gasteiger partial charge in [0.25, 0.3) is 5.56 Å². The summed E-state index contributed by atoms with van der Waals surface area (Å²) in [5.74, 6) is 0. The van der Waals surface area contributed by atoms with Gasteiger partial charge in [0.1, 0.15) is 5.52 Å². The van der Waals surface area contributed by atoms with E-state index in [-0.39, 0.29) is 9.13 Å². The second kappa shape index (κ2) is 3.72. The van der Waals surface area contributed by atoms with Gasteiger partial charge >= 0.3 is 11.8 Å². The molecule has 0 unspecified atom stereocenters. The van der Waals surface area contributed by atoms with Crippen molar-refractivity contribution in [3.8, 4) is 0 Å². The summed E-state index contributed by atoms with van der Waals surface area (Å²) in [5.41, 5.74) is -3.70. The number of rotatable bonds is 2. The van der Waals surface area contributed by atoms with Crippen LogP contribution in [0.2, 0.25) is 0 Å². The van der Waals surface area contributed by atoms with Gasteiger partial charge in [-0.2, -0.15) is 4.57 Å². The van der Waals surface area contributed by atoms with Gasteiger partial charge in [0.15, 0.2) is 5.65 Å². The summed E-state index contributed by atoms with van der Waals surface area (Å²) < 4.78 is -0.211. The van der Waals surface area contributed by atoms with Gasteiger partial charge in [-0.15, -0.1) is 0 Å². The summed E-state index contributed by atoms with van der Waals surface area (Å²) in [6.45, 7) is 0. The molecule has 0 aliphatic carbocycles. The maximum absolute atomic E-state index is 11.7. The van der Waals surface area contributed by atoms with E-state index in [4.69, 9.17) is 25.5 Å². The molecule has 11 nitrogen and oxygen atoms in total. The van der Waals surface area contributed by atoms with Gasteiger partial charge in [0.05, 0.1) is 6.33 Å². The monoisotopic (exact) mass is 260 g/mol. The van der Waals surface area contributed by atoms with Crippen molar-refractivity contribution < 1.29 is 25.5 Å². The number of aromatic amines is 1. The van der Waals surface area contributed by atoms with Crippen molar-refractivity contribution in [3.63, 3.8) is 0 Å². The fourth-order valence-corrected chi connectivity index (χ4v) is 1.50. The molecule has 0 bridgehead atoms. The molecule has 0 fully saturated rings. The van der Waals surface area contributed by atoms with Gasteiger partial charge in [-0.05, 0) is 0 Å². The molecule has 6 N–H and O–H groups in total. The number of fused-ring (bicyclic) bond motifs is 1. The predicted molar refractivity (Wildman–Crippen MR) is 52.7 cm³/mol. The second-order valence-electron chi connectivity index (χ2n) is 3.34. The minimum absolute atomic E-state index is 0.171. The molecule has 0 spiro atoms. The van der Waals surface area contributed by atoms with E-state index in [0.717, 1.165) is 6.33 Å². The van der Waals surface area contributed by atoms with Crippen molar-refractivity contribution in [2.24, 2.45) is 0 Å². The number of imidazole rings is 1. The number of hydrogen-bond acceptors (Lipinski definition) is 8. The van der Waals surface area contributed by atoms with Crippen molar-refractivity contribution >= 4 is 11.2 Å². The normalized spacial score (nSPS) is 12.6. The highest BCUT2D eigenvalue weighted by Crippen LogP contribution is 2.07. The first-order chi connectivity index (χ1) is 8.25. The Balaban J connectivity index is 3.06. The zero-order valence-corrected chi connectivity index (χ0v) is 8.55. The average Bonchev–Trinajstić information content (AvgIpc) is 2.63. The maximum Gasteiger partial charge on any atom is 0.380 e. The highest BCUT2D eigenvalue weighted by Gasteiger charge is 2.30. The largest absolute Gasteiger partial charge is 0.380 e. The highest BCUT2D eigenvalue weighted by molar-refractivity contribution is 5.68. The van der Waals surface area contributed by atoms with Crippen LogP contribution in [0.15, 0.2) is 15.9 Å². The Labute approximate surface area is 96.4 Å². The molecule has 2 heterocycles. The van der Waals surface area contributed by atoms with Crippen LogP contribution in [-0.2, 0) is 6.10 Å². The molecule has 2 aromatic heterocycles. The van der Waals surface area contributed by atoms with Crippen molar-refractivity contribution in [1.29, 1.82) is 0 Å². The predicted octanol–water partition coefficient (Wildman–Crippen LogP) is -4.13. The summed E-state index contributed by atoms with van der Waals surface area (Å²) in [7, 11) is 0. The summed E-state index contributed by atoms with van der Waals surface area (Å²) in [6.07, 6.45) is -5.20. The Morgan fingerprint density at radius 3 is 2.39 bits per heavy atom. The molecule has 11 heteroatoms. The van der Waals surface area contributed by atoms with E-state index >= 15 is 0 Å². The van der Waals surface area contributed by atoms with E-state index in [1.807, 2.05) is 0 Å². The lowest BCUT2D eigenvalue weighted by Gasteiger charge is -2.18. The molecule has 0 aromatic carbocycles. The molecule has 98 valence electrons. The Bertz CT molecular complexity index is 703. The lowest BCUT2D eigenvalue weighted by molar-refractivity contribution is -0.379. The SMILES string of the molecule is O=c1c2[nH]cnc2n(C(O)O)c(=O)n1C(O)(O)O. The third-order valence-corrected chi connectivity index (χ3v) is 2.19. The van der Waals surface area contributed by atoms with Crippen LogP contribution in [0.5, 0.6) is 0 Å². The average molecular weight is 260 g/mol. The topological polar surface area (TPSA) is 174 Å². The number of nitrogens with one attached hydrogen (secondary N) is 1. The molecule has 2 rings (SSSR count). The van der Waals surface area contributed by atoms with E-state index in [0.29, 0.717) is 0 Å². The van der Waals surface area contributed by atoms with Gasteiger partial charge in [0.2, 0.25) is 6.41 Å². The van der Waals surface area contributed by atoms with E-state index in [2.05, 4.69) is 9.97 Å². The van der Waals surface area contributed by atoms with Crippen molar-refractivity contribution in [2.45, 2.75) is 12.5 Å². The second-order valence-corrected chi connectivity index (χ2v) is 3.34. The Kier molecular flexibility index (Phi) is 2.57. The molecule has 0 saturated carbocycles. The minimum Gasteiger partial charge on any atom is -0.351 e. The van der Waals surface area contributed by atoms with Crippen LogP contribution in [0.3, 0.4) is 0 Å². The molecular formula is C7H8N4O7. The van der Waals surface area contributed by atoms with Gasteiger partial charge in [-0.25, -0.2) is 14.3 Å². The van der Waals surface area contributed by atoms with Gasteiger partial charge in [0, 0.05) is 0 Å². The first-order valence-corrected chi connectivity index (χ1v) is 4.49. The van der Waals surface area contributed by atoms with Crippen LogP contribution in [0, 0.1) is 0 Å². The quantitative estimate of drug-likeness (QED) is 0.295. The third kappa shape index (κ3) is 1.62. The third-order valence-electron chi connectivity index (χ3n) is 2.19. The van der Waals surface area contributed by atoms with Crippen LogP contribution in [0.1, 0.15) is 6.41 Å². The first kappa shape index (κ1) is 12.4.